The number of hydrogen-bond acceptors (Lipinski definition) is 4. The van der Waals surface area contributed by atoms with Gasteiger partial charge in [0.05, 0.1) is 18.2 Å². The first-order chi connectivity index (χ1) is 13.4. The molecule has 1 saturated heterocycles. The van der Waals surface area contributed by atoms with Gasteiger partial charge in [-0.2, -0.15) is 10.5 Å². The van der Waals surface area contributed by atoms with Crippen molar-refractivity contribution < 1.29 is 4.79 Å². The largest absolute Gasteiger partial charge is 0.368 e. The van der Waals surface area contributed by atoms with Gasteiger partial charge in [0.15, 0.2) is 5.41 Å². The van der Waals surface area contributed by atoms with Gasteiger partial charge in [0, 0.05) is 22.2 Å². The zero-order valence-electron chi connectivity index (χ0n) is 14.5. The fourth-order valence-electron chi connectivity index (χ4n) is 4.42. The Kier molecular flexibility index (Phi) is 4.31. The summed E-state index contributed by atoms with van der Waals surface area (Å²) in [7, 11) is 0. The molecule has 0 bridgehead atoms. The van der Waals surface area contributed by atoms with Crippen LogP contribution in [0.1, 0.15) is 28.7 Å². The van der Waals surface area contributed by atoms with Crippen molar-refractivity contribution in [3.05, 3.63) is 75.4 Å². The molecule has 138 valence electrons. The van der Waals surface area contributed by atoms with Crippen LogP contribution in [0, 0.1) is 28.1 Å². The molecule has 2 N–H and O–H groups in total. The van der Waals surface area contributed by atoms with E-state index >= 15 is 0 Å². The van der Waals surface area contributed by atoms with Gasteiger partial charge in [-0.1, -0.05) is 53.5 Å². The SMILES string of the molecule is N#CC1(C#N)[C@H](c2ccc(Cl)cc2Cl)[C@@H](C(N)=O)N2C=Cc3ccccc3[C@@H]21. The lowest BCUT2D eigenvalue weighted by atomic mass is 9.68. The Bertz CT molecular complexity index is 1080. The number of nitrogens with zero attached hydrogens (tertiary/aromatic N) is 3. The first-order valence-electron chi connectivity index (χ1n) is 8.56. The minimum absolute atomic E-state index is 0.288. The summed E-state index contributed by atoms with van der Waals surface area (Å²) < 4.78 is 0. The molecule has 0 radical (unpaired) electrons. The van der Waals surface area contributed by atoms with Gasteiger partial charge in [0.1, 0.15) is 6.04 Å². The summed E-state index contributed by atoms with van der Waals surface area (Å²) >= 11 is 12.4. The van der Waals surface area contributed by atoms with E-state index in [-0.39, 0.29) is 5.02 Å². The molecule has 2 aromatic carbocycles. The van der Waals surface area contributed by atoms with Crippen molar-refractivity contribution in [1.29, 1.82) is 10.5 Å². The fourth-order valence-corrected chi connectivity index (χ4v) is 4.94. The molecular weight excluding hydrogens is 395 g/mol. The molecule has 2 aliphatic rings. The van der Waals surface area contributed by atoms with Crippen LogP contribution < -0.4 is 5.73 Å². The van der Waals surface area contributed by atoms with E-state index < -0.39 is 29.3 Å². The molecule has 0 spiro atoms. The molecular formula is C21H14Cl2N4O. The molecule has 0 aromatic heterocycles. The van der Waals surface area contributed by atoms with Gasteiger partial charge in [-0.15, -0.1) is 0 Å². The zero-order valence-corrected chi connectivity index (χ0v) is 16.0. The summed E-state index contributed by atoms with van der Waals surface area (Å²) in [5.41, 5.74) is 6.38. The second-order valence-corrected chi connectivity index (χ2v) is 7.72. The van der Waals surface area contributed by atoms with E-state index in [0.29, 0.717) is 10.6 Å². The molecule has 2 aromatic rings. The third kappa shape index (κ3) is 2.41. The Morgan fingerprint density at radius 2 is 1.82 bits per heavy atom. The summed E-state index contributed by atoms with van der Waals surface area (Å²) in [6.07, 6.45) is 3.59. The lowest BCUT2D eigenvalue weighted by molar-refractivity contribution is -0.122. The van der Waals surface area contributed by atoms with Crippen molar-refractivity contribution in [3.63, 3.8) is 0 Å². The van der Waals surface area contributed by atoms with E-state index in [1.54, 1.807) is 23.2 Å². The van der Waals surface area contributed by atoms with Gasteiger partial charge >= 0.3 is 0 Å². The average Bonchev–Trinajstić information content (AvgIpc) is 2.99. The standard InChI is InChI=1S/C21H14Cl2N4O/c22-13-5-6-15(16(23)9-13)17-18(20(26)28)27-8-7-12-3-1-2-4-14(12)19(27)21(17,10-24)11-25/h1-9,17-19H,(H2,26,28)/t17-,18+,19-/m1/s1. The number of halogens is 2. The number of primary amides is 1. The first-order valence-corrected chi connectivity index (χ1v) is 9.31. The van der Waals surface area contributed by atoms with Crippen molar-refractivity contribution in [3.8, 4) is 12.1 Å². The predicted octanol–water partition coefficient (Wildman–Crippen LogP) is 4.01. The maximum atomic E-state index is 12.5. The normalized spacial score (nSPS) is 24.0. The quantitative estimate of drug-likeness (QED) is 0.811. The highest BCUT2D eigenvalue weighted by Crippen LogP contribution is 2.60. The van der Waals surface area contributed by atoms with Gasteiger partial charge in [-0.05, 0) is 34.9 Å². The van der Waals surface area contributed by atoms with Crippen LogP contribution in [-0.2, 0) is 4.79 Å². The topological polar surface area (TPSA) is 93.9 Å². The number of carbonyl (C=O) groups is 1. The van der Waals surface area contributed by atoms with E-state index in [2.05, 4.69) is 12.1 Å². The Hall–Kier alpha value is -2.99. The summed E-state index contributed by atoms with van der Waals surface area (Å²) in [6.45, 7) is 0. The predicted molar refractivity (Wildman–Crippen MR) is 106 cm³/mol. The fraction of sp³-hybridized carbons (Fsp3) is 0.190. The first kappa shape index (κ1) is 18.4. The third-order valence-corrected chi connectivity index (χ3v) is 6.10. The molecule has 0 aliphatic carbocycles. The van der Waals surface area contributed by atoms with E-state index in [4.69, 9.17) is 28.9 Å². The van der Waals surface area contributed by atoms with E-state index in [1.807, 2.05) is 30.3 Å². The van der Waals surface area contributed by atoms with Crippen LogP contribution in [0.25, 0.3) is 6.08 Å². The van der Waals surface area contributed by atoms with Crippen LogP contribution in [0.5, 0.6) is 0 Å². The van der Waals surface area contributed by atoms with Crippen LogP contribution in [0.3, 0.4) is 0 Å². The minimum atomic E-state index is -1.57. The van der Waals surface area contributed by atoms with Crippen LogP contribution >= 0.6 is 23.2 Å². The van der Waals surface area contributed by atoms with Crippen molar-refractivity contribution in [1.82, 2.24) is 4.90 Å². The van der Waals surface area contributed by atoms with Crippen molar-refractivity contribution in [2.45, 2.75) is 18.0 Å². The Labute approximate surface area is 172 Å². The number of hydrogen-bond donors (Lipinski definition) is 1. The lowest BCUT2D eigenvalue weighted by Gasteiger charge is -2.34. The van der Waals surface area contributed by atoms with E-state index in [0.717, 1.165) is 11.1 Å². The van der Waals surface area contributed by atoms with Gasteiger partial charge in [-0.3, -0.25) is 4.79 Å². The van der Waals surface area contributed by atoms with Gasteiger partial charge in [0.2, 0.25) is 5.91 Å². The molecule has 0 unspecified atom stereocenters. The van der Waals surface area contributed by atoms with Crippen LogP contribution in [0.2, 0.25) is 10.0 Å². The molecule has 1 amide bonds. The molecule has 0 saturated carbocycles. The van der Waals surface area contributed by atoms with Crippen LogP contribution in [0.4, 0.5) is 0 Å². The summed E-state index contributed by atoms with van der Waals surface area (Å²) in [5.74, 6) is -1.47. The monoisotopic (exact) mass is 408 g/mol. The van der Waals surface area contributed by atoms with Gasteiger partial charge in [0.25, 0.3) is 0 Å². The average molecular weight is 409 g/mol. The van der Waals surface area contributed by atoms with Gasteiger partial charge in [-0.25, -0.2) is 0 Å². The number of nitriles is 2. The highest BCUT2D eigenvalue weighted by molar-refractivity contribution is 6.35. The van der Waals surface area contributed by atoms with Crippen LogP contribution in [-0.4, -0.2) is 16.8 Å². The Balaban J connectivity index is 2.03. The highest BCUT2D eigenvalue weighted by atomic mass is 35.5. The van der Waals surface area contributed by atoms with Crippen molar-refractivity contribution >= 4 is 35.2 Å². The summed E-state index contributed by atoms with van der Waals surface area (Å²) in [5, 5.41) is 21.1. The number of benzene rings is 2. The maximum Gasteiger partial charge on any atom is 0.240 e. The van der Waals surface area contributed by atoms with Gasteiger partial charge < -0.3 is 10.6 Å². The number of rotatable bonds is 2. The minimum Gasteiger partial charge on any atom is -0.368 e. The molecule has 28 heavy (non-hydrogen) atoms. The second-order valence-electron chi connectivity index (χ2n) is 6.88. The number of fused-ring (bicyclic) bond motifs is 3. The van der Waals surface area contributed by atoms with E-state index in [9.17, 15) is 15.3 Å². The molecule has 4 rings (SSSR count). The Morgan fingerprint density at radius 1 is 1.11 bits per heavy atom. The molecule has 7 heteroatoms. The molecule has 3 atom stereocenters. The molecule has 2 aliphatic heterocycles. The van der Waals surface area contributed by atoms with Crippen LogP contribution in [0.15, 0.2) is 48.7 Å². The molecule has 2 heterocycles. The summed E-state index contributed by atoms with van der Waals surface area (Å²) in [4.78, 5) is 14.2. The third-order valence-electron chi connectivity index (χ3n) is 5.53. The highest BCUT2D eigenvalue weighted by Gasteiger charge is 2.63. The number of amides is 1. The van der Waals surface area contributed by atoms with E-state index in [1.165, 1.54) is 6.07 Å². The summed E-state index contributed by atoms with van der Waals surface area (Å²) in [6, 6.07) is 15.2. The second kappa shape index (κ2) is 6.56. The van der Waals surface area contributed by atoms with Crippen molar-refractivity contribution in [2.75, 3.05) is 0 Å². The Morgan fingerprint density at radius 3 is 2.46 bits per heavy atom. The lowest BCUT2D eigenvalue weighted by Crippen LogP contribution is -2.41. The van der Waals surface area contributed by atoms with Crippen molar-refractivity contribution in [2.24, 2.45) is 11.1 Å². The smallest absolute Gasteiger partial charge is 0.240 e. The molecule has 5 nitrogen and oxygen atoms in total. The number of carbonyl (C=O) groups excluding carboxylic acids is 1. The maximum absolute atomic E-state index is 12.5. The zero-order chi connectivity index (χ0) is 20.1. The number of nitrogens with two attached hydrogens (primary N) is 1. The molecule has 1 fully saturated rings.